The molecule has 0 heterocycles. The number of methoxy groups -OCH3 is 2. The number of aromatic hydroxyl groups is 2. The topological polar surface area (TPSA) is 58.9 Å². The number of ether oxygens (including phenoxy) is 2. The first-order valence-electron chi connectivity index (χ1n) is 7.95. The maximum atomic E-state index is 10.4. The molecule has 0 aliphatic heterocycles. The Kier molecular flexibility index (Phi) is 5.74. The fourth-order valence-corrected chi connectivity index (χ4v) is 2.67. The quantitative estimate of drug-likeness (QED) is 0.759. The van der Waals surface area contributed by atoms with Gasteiger partial charge >= 0.3 is 0 Å². The van der Waals surface area contributed by atoms with Crippen LogP contribution in [0.4, 0.5) is 0 Å². The normalized spacial score (nSPS) is 11.4. The zero-order valence-electron chi connectivity index (χ0n) is 14.6. The van der Waals surface area contributed by atoms with Gasteiger partial charge in [0.25, 0.3) is 0 Å². The van der Waals surface area contributed by atoms with Crippen molar-refractivity contribution in [2.45, 2.75) is 26.7 Å². The average Bonchev–Trinajstić information content (AvgIpc) is 2.58. The summed E-state index contributed by atoms with van der Waals surface area (Å²) in [6.07, 6.45) is 3.88. The van der Waals surface area contributed by atoms with Gasteiger partial charge in [0.2, 0.25) is 0 Å². The number of hydrogen-bond donors (Lipinski definition) is 2. The lowest BCUT2D eigenvalue weighted by Crippen LogP contribution is -1.93. The van der Waals surface area contributed by atoms with Gasteiger partial charge in [0.15, 0.2) is 23.0 Å². The number of benzene rings is 2. The summed E-state index contributed by atoms with van der Waals surface area (Å²) in [6.45, 7) is 4.05. The second kappa shape index (κ2) is 7.77. The molecule has 0 unspecified atom stereocenters. The highest BCUT2D eigenvalue weighted by molar-refractivity contribution is 5.84. The summed E-state index contributed by atoms with van der Waals surface area (Å²) in [4.78, 5) is 0. The van der Waals surface area contributed by atoms with E-state index in [1.165, 1.54) is 7.11 Å². The Hall–Kier alpha value is -2.62. The molecule has 24 heavy (non-hydrogen) atoms. The summed E-state index contributed by atoms with van der Waals surface area (Å²) in [5, 5.41) is 20.1. The van der Waals surface area contributed by atoms with Crippen LogP contribution in [0.5, 0.6) is 23.0 Å². The van der Waals surface area contributed by atoms with Crippen molar-refractivity contribution in [3.05, 3.63) is 47.0 Å². The van der Waals surface area contributed by atoms with Crippen molar-refractivity contribution in [2.24, 2.45) is 0 Å². The van der Waals surface area contributed by atoms with Crippen LogP contribution in [0.2, 0.25) is 0 Å². The zero-order valence-corrected chi connectivity index (χ0v) is 14.6. The van der Waals surface area contributed by atoms with E-state index in [0.717, 1.165) is 35.1 Å². The van der Waals surface area contributed by atoms with Gasteiger partial charge in [-0.15, -0.1) is 0 Å². The first-order valence-corrected chi connectivity index (χ1v) is 7.95. The molecule has 0 spiro atoms. The molecule has 0 amide bonds. The van der Waals surface area contributed by atoms with Gasteiger partial charge in [-0.25, -0.2) is 0 Å². The molecule has 0 atom stereocenters. The minimum atomic E-state index is 0.0989. The Balaban J connectivity index is 2.48. The number of phenolic OH excluding ortho intramolecular Hbond substituents is 2. The maximum absolute atomic E-state index is 10.4. The molecule has 128 valence electrons. The summed E-state index contributed by atoms with van der Waals surface area (Å²) in [5.41, 5.74) is 3.64. The Morgan fingerprint density at radius 3 is 2.38 bits per heavy atom. The van der Waals surface area contributed by atoms with Crippen molar-refractivity contribution in [1.82, 2.24) is 0 Å². The van der Waals surface area contributed by atoms with Crippen molar-refractivity contribution < 1.29 is 19.7 Å². The molecule has 0 saturated carbocycles. The van der Waals surface area contributed by atoms with Gasteiger partial charge in [-0.1, -0.05) is 25.5 Å². The predicted molar refractivity (Wildman–Crippen MR) is 96.9 cm³/mol. The van der Waals surface area contributed by atoms with Gasteiger partial charge < -0.3 is 19.7 Å². The molecule has 4 heteroatoms. The number of phenols is 2. The van der Waals surface area contributed by atoms with E-state index in [9.17, 15) is 10.2 Å². The molecule has 0 saturated heterocycles. The zero-order chi connectivity index (χ0) is 17.7. The van der Waals surface area contributed by atoms with Crippen molar-refractivity contribution in [1.29, 1.82) is 0 Å². The molecule has 2 rings (SSSR count). The van der Waals surface area contributed by atoms with Gasteiger partial charge in [0.1, 0.15) is 0 Å². The maximum Gasteiger partial charge on any atom is 0.165 e. The Labute approximate surface area is 143 Å². The van der Waals surface area contributed by atoms with E-state index >= 15 is 0 Å². The van der Waals surface area contributed by atoms with Gasteiger partial charge in [-0.2, -0.15) is 0 Å². The molecule has 0 aromatic heterocycles. The highest BCUT2D eigenvalue weighted by atomic mass is 16.5. The molecular formula is C20H24O4. The van der Waals surface area contributed by atoms with E-state index < -0.39 is 0 Å². The smallest absolute Gasteiger partial charge is 0.165 e. The molecule has 4 nitrogen and oxygen atoms in total. The number of aryl methyl sites for hydroxylation is 1. The fraction of sp³-hybridized carbons (Fsp3) is 0.300. The summed E-state index contributed by atoms with van der Waals surface area (Å²) < 4.78 is 10.4. The Morgan fingerprint density at radius 2 is 1.75 bits per heavy atom. The van der Waals surface area contributed by atoms with E-state index in [1.807, 2.05) is 25.1 Å². The van der Waals surface area contributed by atoms with Gasteiger partial charge in [-0.05, 0) is 54.3 Å². The van der Waals surface area contributed by atoms with Crippen LogP contribution in [0.15, 0.2) is 30.3 Å². The summed E-state index contributed by atoms with van der Waals surface area (Å²) >= 11 is 0. The summed E-state index contributed by atoms with van der Waals surface area (Å²) in [6, 6.07) is 9.00. The van der Waals surface area contributed by atoms with Crippen LogP contribution in [0.25, 0.3) is 11.6 Å². The van der Waals surface area contributed by atoms with Crippen molar-refractivity contribution in [3.63, 3.8) is 0 Å². The second-order valence-corrected chi connectivity index (χ2v) is 5.70. The highest BCUT2D eigenvalue weighted by Crippen LogP contribution is 2.37. The molecule has 2 aromatic carbocycles. The van der Waals surface area contributed by atoms with Crippen molar-refractivity contribution in [3.8, 4) is 23.0 Å². The SMILES string of the molecule is CCCc1cc(OC)c(O)c(/C(C)=C/c2ccc(O)c(OC)c2)c1. The monoisotopic (exact) mass is 328 g/mol. The summed E-state index contributed by atoms with van der Waals surface area (Å²) in [5.74, 6) is 1.13. The molecule has 2 N–H and O–H groups in total. The van der Waals surface area contributed by atoms with Crippen LogP contribution in [0.3, 0.4) is 0 Å². The Morgan fingerprint density at radius 1 is 1.04 bits per heavy atom. The molecule has 0 bridgehead atoms. The highest BCUT2D eigenvalue weighted by Gasteiger charge is 2.12. The van der Waals surface area contributed by atoms with E-state index in [-0.39, 0.29) is 11.5 Å². The van der Waals surface area contributed by atoms with E-state index in [1.54, 1.807) is 25.3 Å². The van der Waals surface area contributed by atoms with Crippen LogP contribution in [-0.4, -0.2) is 24.4 Å². The lowest BCUT2D eigenvalue weighted by Gasteiger charge is -2.13. The number of rotatable bonds is 6. The van der Waals surface area contributed by atoms with Gasteiger partial charge in [-0.3, -0.25) is 0 Å². The second-order valence-electron chi connectivity index (χ2n) is 5.70. The minimum absolute atomic E-state index is 0.0989. The van der Waals surface area contributed by atoms with Crippen molar-refractivity contribution >= 4 is 11.6 Å². The minimum Gasteiger partial charge on any atom is -0.504 e. The molecule has 0 aliphatic rings. The fourth-order valence-electron chi connectivity index (χ4n) is 2.67. The number of allylic oxidation sites excluding steroid dienone is 1. The average molecular weight is 328 g/mol. The first-order chi connectivity index (χ1) is 11.5. The predicted octanol–water partition coefficient (Wildman–Crippen LogP) is 4.63. The molecule has 0 radical (unpaired) electrons. The van der Waals surface area contributed by atoms with E-state index in [4.69, 9.17) is 9.47 Å². The van der Waals surface area contributed by atoms with Crippen LogP contribution >= 0.6 is 0 Å². The molecule has 0 aliphatic carbocycles. The lowest BCUT2D eigenvalue weighted by molar-refractivity contribution is 0.372. The van der Waals surface area contributed by atoms with E-state index in [2.05, 4.69) is 6.92 Å². The third kappa shape index (κ3) is 3.82. The van der Waals surface area contributed by atoms with Crippen LogP contribution < -0.4 is 9.47 Å². The molecular weight excluding hydrogens is 304 g/mol. The first kappa shape index (κ1) is 17.7. The third-order valence-electron chi connectivity index (χ3n) is 3.91. The third-order valence-corrected chi connectivity index (χ3v) is 3.91. The van der Waals surface area contributed by atoms with Crippen molar-refractivity contribution in [2.75, 3.05) is 14.2 Å². The largest absolute Gasteiger partial charge is 0.504 e. The van der Waals surface area contributed by atoms with Crippen LogP contribution in [-0.2, 0) is 6.42 Å². The molecule has 0 fully saturated rings. The van der Waals surface area contributed by atoms with E-state index in [0.29, 0.717) is 11.5 Å². The van der Waals surface area contributed by atoms with Crippen LogP contribution in [0, 0.1) is 0 Å². The molecule has 2 aromatic rings. The lowest BCUT2D eigenvalue weighted by atomic mass is 9.98. The van der Waals surface area contributed by atoms with Crippen LogP contribution in [0.1, 0.15) is 37.0 Å². The van der Waals surface area contributed by atoms with Gasteiger partial charge in [0, 0.05) is 5.56 Å². The standard InChI is InChI=1S/C20H24O4/c1-5-6-14-10-16(20(22)19(12-14)24-4)13(2)9-15-7-8-17(21)18(11-15)23-3/h7-12,21-22H,5-6H2,1-4H3/b13-9+. The Bertz CT molecular complexity index is 748. The number of hydrogen-bond acceptors (Lipinski definition) is 4. The summed E-state index contributed by atoms with van der Waals surface area (Å²) in [7, 11) is 3.07. The van der Waals surface area contributed by atoms with Gasteiger partial charge in [0.05, 0.1) is 14.2 Å².